The van der Waals surface area contributed by atoms with E-state index >= 15 is 0 Å². The van der Waals surface area contributed by atoms with Gasteiger partial charge in [-0.1, -0.05) is 42.5 Å². The summed E-state index contributed by atoms with van der Waals surface area (Å²) in [5.41, 5.74) is 9.82. The third-order valence-electron chi connectivity index (χ3n) is 10.2. The predicted octanol–water partition coefficient (Wildman–Crippen LogP) is 4.69. The zero-order chi connectivity index (χ0) is 33.8. The Kier molecular flexibility index (Phi) is 7.35. The van der Waals surface area contributed by atoms with Crippen molar-refractivity contribution < 1.29 is 14.4 Å². The molecular formula is C39H34N8O3. The molecule has 0 aliphatic carbocycles. The topological polar surface area (TPSA) is 116 Å². The lowest BCUT2D eigenvalue weighted by Gasteiger charge is -2.36. The van der Waals surface area contributed by atoms with E-state index in [1.54, 1.807) is 4.90 Å². The van der Waals surface area contributed by atoms with Gasteiger partial charge < -0.3 is 9.80 Å². The van der Waals surface area contributed by atoms with Gasteiger partial charge in [-0.3, -0.25) is 29.6 Å². The standard InChI is InChI=1S/C39H34N8O3/c48-36-13-12-35(38(49)43-36)46-23-27-19-25(6-11-30(27)39(46)50)22-44-15-17-45(18-16-44)29-9-7-26(8-10-29)28-20-41-37-33(21-42-47(37)24-28)31-3-1-5-34-32(31)4-2-14-40-34/h1-11,14,19-21,24,35H,12-13,15-18,22-23H2,(H,43,48,49). The SMILES string of the molecule is O=C1CCC(N2Cc3cc(CN4CCN(c5ccc(-c6cnc7c(-c8cccc9ncccc89)cnn7c6)cc5)CC4)ccc3C2=O)C(=O)N1. The number of anilines is 1. The van der Waals surface area contributed by atoms with Crippen molar-refractivity contribution in [1.29, 1.82) is 0 Å². The van der Waals surface area contributed by atoms with E-state index < -0.39 is 6.04 Å². The highest BCUT2D eigenvalue weighted by molar-refractivity contribution is 6.05. The molecule has 6 heterocycles. The Morgan fingerprint density at radius 3 is 2.50 bits per heavy atom. The van der Waals surface area contributed by atoms with E-state index in [2.05, 4.69) is 67.7 Å². The summed E-state index contributed by atoms with van der Waals surface area (Å²) in [7, 11) is 0. The first kappa shape index (κ1) is 30.1. The molecule has 3 aliphatic rings. The molecule has 3 aromatic heterocycles. The number of amides is 3. The van der Waals surface area contributed by atoms with Gasteiger partial charge in [-0.15, -0.1) is 0 Å². The quantitative estimate of drug-likeness (QED) is 0.256. The van der Waals surface area contributed by atoms with Gasteiger partial charge in [-0.05, 0) is 59.0 Å². The number of aromatic nitrogens is 4. The van der Waals surface area contributed by atoms with Crippen molar-refractivity contribution in [2.45, 2.75) is 32.0 Å². The number of nitrogens with one attached hydrogen (secondary N) is 1. The number of carbonyl (C=O) groups excluding carboxylic acids is 3. The molecule has 11 heteroatoms. The van der Waals surface area contributed by atoms with Crippen LogP contribution in [0.1, 0.15) is 34.3 Å². The van der Waals surface area contributed by atoms with Gasteiger partial charge in [0, 0.05) is 92.0 Å². The molecule has 50 heavy (non-hydrogen) atoms. The molecule has 2 fully saturated rings. The first-order valence-corrected chi connectivity index (χ1v) is 17.0. The number of nitrogens with zero attached hydrogens (tertiary/aromatic N) is 7. The van der Waals surface area contributed by atoms with Crippen LogP contribution in [0.4, 0.5) is 5.69 Å². The van der Waals surface area contributed by atoms with Gasteiger partial charge in [-0.25, -0.2) is 9.50 Å². The maximum absolute atomic E-state index is 13.1. The summed E-state index contributed by atoms with van der Waals surface area (Å²) >= 11 is 0. The molecule has 0 saturated carbocycles. The first-order chi connectivity index (χ1) is 24.5. The fraction of sp³-hybridized carbons (Fsp3) is 0.231. The van der Waals surface area contributed by atoms with Gasteiger partial charge in [0.2, 0.25) is 11.8 Å². The van der Waals surface area contributed by atoms with Gasteiger partial charge in [0.25, 0.3) is 5.91 Å². The molecule has 1 N–H and O–H groups in total. The molecule has 248 valence electrons. The summed E-state index contributed by atoms with van der Waals surface area (Å²) < 4.78 is 1.85. The Labute approximate surface area is 288 Å². The summed E-state index contributed by atoms with van der Waals surface area (Å²) in [6.07, 6.45) is 8.25. The van der Waals surface area contributed by atoms with Gasteiger partial charge in [0.1, 0.15) is 6.04 Å². The molecule has 0 spiro atoms. The van der Waals surface area contributed by atoms with Crippen LogP contribution in [0.25, 0.3) is 38.8 Å². The van der Waals surface area contributed by atoms with Crippen LogP contribution in [0.15, 0.2) is 97.6 Å². The lowest BCUT2D eigenvalue weighted by molar-refractivity contribution is -0.136. The highest BCUT2D eigenvalue weighted by atomic mass is 16.2. The Balaban J connectivity index is 0.833. The highest BCUT2D eigenvalue weighted by Gasteiger charge is 2.39. The van der Waals surface area contributed by atoms with Crippen LogP contribution in [0.2, 0.25) is 0 Å². The van der Waals surface area contributed by atoms with Crippen molar-refractivity contribution in [2.75, 3.05) is 31.1 Å². The van der Waals surface area contributed by atoms with E-state index in [0.29, 0.717) is 18.5 Å². The van der Waals surface area contributed by atoms with Crippen molar-refractivity contribution in [1.82, 2.24) is 34.7 Å². The molecule has 0 bridgehead atoms. The minimum Gasteiger partial charge on any atom is -0.369 e. The lowest BCUT2D eigenvalue weighted by Crippen LogP contribution is -2.52. The smallest absolute Gasteiger partial charge is 0.255 e. The predicted molar refractivity (Wildman–Crippen MR) is 189 cm³/mol. The molecule has 0 radical (unpaired) electrons. The van der Waals surface area contributed by atoms with Gasteiger partial charge in [0.15, 0.2) is 5.65 Å². The zero-order valence-electron chi connectivity index (χ0n) is 27.3. The summed E-state index contributed by atoms with van der Waals surface area (Å²) in [4.78, 5) is 52.8. The molecule has 11 nitrogen and oxygen atoms in total. The van der Waals surface area contributed by atoms with Crippen molar-refractivity contribution in [2.24, 2.45) is 0 Å². The Bertz CT molecular complexity index is 2300. The van der Waals surface area contributed by atoms with E-state index in [1.807, 2.05) is 59.6 Å². The van der Waals surface area contributed by atoms with E-state index in [-0.39, 0.29) is 24.1 Å². The largest absolute Gasteiger partial charge is 0.369 e. The average Bonchev–Trinajstić information content (AvgIpc) is 3.72. The van der Waals surface area contributed by atoms with E-state index in [1.165, 1.54) is 5.69 Å². The fourth-order valence-electron chi connectivity index (χ4n) is 7.57. The molecule has 3 aliphatic heterocycles. The van der Waals surface area contributed by atoms with Gasteiger partial charge >= 0.3 is 0 Å². The number of rotatable bonds is 6. The van der Waals surface area contributed by atoms with Crippen LogP contribution >= 0.6 is 0 Å². The third kappa shape index (κ3) is 5.36. The first-order valence-electron chi connectivity index (χ1n) is 17.0. The maximum atomic E-state index is 13.1. The van der Waals surface area contributed by atoms with Crippen LogP contribution < -0.4 is 10.2 Å². The normalized spacial score (nSPS) is 18.2. The number of imide groups is 1. The van der Waals surface area contributed by atoms with Crippen LogP contribution in [0.5, 0.6) is 0 Å². The van der Waals surface area contributed by atoms with Crippen LogP contribution in [-0.2, 0) is 22.7 Å². The monoisotopic (exact) mass is 662 g/mol. The van der Waals surface area contributed by atoms with Gasteiger partial charge in [-0.2, -0.15) is 5.10 Å². The molecule has 1 atom stereocenters. The second-order valence-electron chi connectivity index (χ2n) is 13.2. The minimum atomic E-state index is -0.595. The number of piperidine rings is 1. The number of benzene rings is 3. The number of hydrogen-bond donors (Lipinski definition) is 1. The lowest BCUT2D eigenvalue weighted by atomic mass is 10.0. The number of fused-ring (bicyclic) bond motifs is 3. The Morgan fingerprint density at radius 2 is 1.66 bits per heavy atom. The van der Waals surface area contributed by atoms with E-state index in [0.717, 1.165) is 82.7 Å². The number of hydrogen-bond acceptors (Lipinski definition) is 8. The molecule has 9 rings (SSSR count). The fourth-order valence-corrected chi connectivity index (χ4v) is 7.57. The molecule has 1 unspecified atom stereocenters. The summed E-state index contributed by atoms with van der Waals surface area (Å²) in [5.74, 6) is -0.794. The molecule has 6 aromatic rings. The van der Waals surface area contributed by atoms with Crippen molar-refractivity contribution in [3.8, 4) is 22.3 Å². The zero-order valence-corrected chi connectivity index (χ0v) is 27.3. The third-order valence-corrected chi connectivity index (χ3v) is 10.2. The van der Waals surface area contributed by atoms with Crippen LogP contribution in [0.3, 0.4) is 0 Å². The average molecular weight is 663 g/mol. The molecular weight excluding hydrogens is 628 g/mol. The summed E-state index contributed by atoms with van der Waals surface area (Å²) in [5, 5.41) is 8.09. The van der Waals surface area contributed by atoms with Crippen molar-refractivity contribution >= 4 is 40.0 Å². The highest BCUT2D eigenvalue weighted by Crippen LogP contribution is 2.32. The molecule has 3 amide bonds. The number of pyridine rings is 1. The Morgan fingerprint density at radius 1 is 0.800 bits per heavy atom. The van der Waals surface area contributed by atoms with Crippen LogP contribution in [-0.4, -0.2) is 79.3 Å². The molecule has 3 aromatic carbocycles. The number of piperazine rings is 1. The summed E-state index contributed by atoms with van der Waals surface area (Å²) in [6.45, 7) is 4.88. The van der Waals surface area contributed by atoms with Crippen molar-refractivity contribution in [3.05, 3.63) is 114 Å². The Hall–Kier alpha value is -5.94. The minimum absolute atomic E-state index is 0.136. The van der Waals surface area contributed by atoms with Gasteiger partial charge in [0.05, 0.1) is 11.7 Å². The van der Waals surface area contributed by atoms with Crippen LogP contribution in [0, 0.1) is 0 Å². The number of carbonyl (C=O) groups is 3. The van der Waals surface area contributed by atoms with E-state index in [9.17, 15) is 14.4 Å². The maximum Gasteiger partial charge on any atom is 0.255 e. The second kappa shape index (κ2) is 12.2. The summed E-state index contributed by atoms with van der Waals surface area (Å²) in [6, 6.07) is 24.2. The van der Waals surface area contributed by atoms with Crippen molar-refractivity contribution in [3.63, 3.8) is 0 Å². The molecule has 2 saturated heterocycles. The second-order valence-corrected chi connectivity index (χ2v) is 13.2. The van der Waals surface area contributed by atoms with E-state index in [4.69, 9.17) is 4.98 Å².